The average Bonchev–Trinajstić information content (AvgIpc) is 2.19. The summed E-state index contributed by atoms with van der Waals surface area (Å²) in [4.78, 5) is 0. The maximum absolute atomic E-state index is 3.82. The van der Waals surface area contributed by atoms with Crippen molar-refractivity contribution in [2.75, 3.05) is 0 Å². The van der Waals surface area contributed by atoms with Gasteiger partial charge in [0.15, 0.2) is 0 Å². The van der Waals surface area contributed by atoms with Gasteiger partial charge in [0, 0.05) is 0 Å². The SMILES string of the molecule is C=CCc1c(C)c(C)c(C)c(C)c1C. The highest BCUT2D eigenvalue weighted by molar-refractivity contribution is 5.49. The van der Waals surface area contributed by atoms with Crippen LogP contribution in [0.15, 0.2) is 12.7 Å². The predicted molar refractivity (Wildman–Crippen MR) is 64.0 cm³/mol. The summed E-state index contributed by atoms with van der Waals surface area (Å²) in [6, 6.07) is 0. The van der Waals surface area contributed by atoms with Crippen LogP contribution in [0.5, 0.6) is 0 Å². The second-order valence-electron chi connectivity index (χ2n) is 4.10. The highest BCUT2D eigenvalue weighted by Crippen LogP contribution is 2.26. The molecule has 76 valence electrons. The monoisotopic (exact) mass is 188 g/mol. The molecule has 14 heavy (non-hydrogen) atoms. The number of allylic oxidation sites excluding steroid dienone is 1. The second kappa shape index (κ2) is 4.00. The first-order valence-corrected chi connectivity index (χ1v) is 5.17. The summed E-state index contributed by atoms with van der Waals surface area (Å²) in [6.07, 6.45) is 2.98. The molecule has 0 heteroatoms. The molecule has 0 aliphatic heterocycles. The van der Waals surface area contributed by atoms with E-state index in [1.54, 1.807) is 0 Å². The Kier molecular flexibility index (Phi) is 3.15. The molecule has 0 spiro atoms. The van der Waals surface area contributed by atoms with Crippen molar-refractivity contribution in [2.45, 2.75) is 41.0 Å². The molecule has 0 saturated carbocycles. The first-order chi connectivity index (χ1) is 6.50. The van der Waals surface area contributed by atoms with Gasteiger partial charge in [0.2, 0.25) is 0 Å². The first-order valence-electron chi connectivity index (χ1n) is 5.17. The van der Waals surface area contributed by atoms with Crippen molar-refractivity contribution in [1.82, 2.24) is 0 Å². The molecule has 0 aliphatic rings. The molecule has 0 bridgehead atoms. The van der Waals surface area contributed by atoms with E-state index in [4.69, 9.17) is 0 Å². The van der Waals surface area contributed by atoms with Gasteiger partial charge < -0.3 is 0 Å². The molecule has 0 aliphatic carbocycles. The third-order valence-corrected chi connectivity index (χ3v) is 3.50. The number of benzene rings is 1. The molecule has 1 rings (SSSR count). The molecule has 0 amide bonds. The van der Waals surface area contributed by atoms with Gasteiger partial charge in [0.05, 0.1) is 0 Å². The highest BCUT2D eigenvalue weighted by Gasteiger charge is 2.10. The lowest BCUT2D eigenvalue weighted by Gasteiger charge is -2.17. The molecule has 0 N–H and O–H groups in total. The summed E-state index contributed by atoms with van der Waals surface area (Å²) in [5.41, 5.74) is 8.64. The standard InChI is InChI=1S/C14H20/c1-7-8-14-12(5)10(3)9(2)11(4)13(14)6/h7H,1,8H2,2-6H3. The molecule has 1 aromatic rings. The van der Waals surface area contributed by atoms with Crippen LogP contribution in [0, 0.1) is 34.6 Å². The zero-order chi connectivity index (χ0) is 10.9. The van der Waals surface area contributed by atoms with Crippen molar-refractivity contribution in [1.29, 1.82) is 0 Å². The first kappa shape index (κ1) is 11.0. The quantitative estimate of drug-likeness (QED) is 0.616. The van der Waals surface area contributed by atoms with E-state index in [0.717, 1.165) is 6.42 Å². The Hall–Kier alpha value is -1.04. The lowest BCUT2D eigenvalue weighted by atomic mass is 9.88. The molecule has 0 unspecified atom stereocenters. The third-order valence-electron chi connectivity index (χ3n) is 3.50. The lowest BCUT2D eigenvalue weighted by Crippen LogP contribution is -2.01. The maximum atomic E-state index is 3.82. The summed E-state index contributed by atoms with van der Waals surface area (Å²) >= 11 is 0. The predicted octanol–water partition coefficient (Wildman–Crippen LogP) is 3.96. The lowest BCUT2D eigenvalue weighted by molar-refractivity contribution is 1.09. The van der Waals surface area contributed by atoms with Gasteiger partial charge in [-0.15, -0.1) is 6.58 Å². The van der Waals surface area contributed by atoms with Crippen LogP contribution in [-0.4, -0.2) is 0 Å². The van der Waals surface area contributed by atoms with E-state index < -0.39 is 0 Å². The third kappa shape index (κ3) is 1.61. The van der Waals surface area contributed by atoms with Crippen LogP contribution in [0.4, 0.5) is 0 Å². The Morgan fingerprint density at radius 1 is 0.786 bits per heavy atom. The van der Waals surface area contributed by atoms with Crippen molar-refractivity contribution in [2.24, 2.45) is 0 Å². The van der Waals surface area contributed by atoms with Gasteiger partial charge in [-0.05, 0) is 74.4 Å². The molecule has 0 heterocycles. The fourth-order valence-corrected chi connectivity index (χ4v) is 2.03. The molecular weight excluding hydrogens is 168 g/mol. The van der Waals surface area contributed by atoms with E-state index in [0.29, 0.717) is 0 Å². The maximum Gasteiger partial charge on any atom is -0.00947 e. The van der Waals surface area contributed by atoms with E-state index in [1.807, 2.05) is 6.08 Å². The van der Waals surface area contributed by atoms with Gasteiger partial charge in [-0.3, -0.25) is 0 Å². The molecule has 0 radical (unpaired) electrons. The largest absolute Gasteiger partial charge is 0.103 e. The summed E-state index contributed by atoms with van der Waals surface area (Å²) in [5.74, 6) is 0. The van der Waals surface area contributed by atoms with Crippen molar-refractivity contribution >= 4 is 0 Å². The smallest absolute Gasteiger partial charge is 0.00947 e. The van der Waals surface area contributed by atoms with E-state index in [-0.39, 0.29) is 0 Å². The van der Waals surface area contributed by atoms with E-state index in [9.17, 15) is 0 Å². The Balaban J connectivity index is 3.50. The fraction of sp³-hybridized carbons (Fsp3) is 0.429. The van der Waals surface area contributed by atoms with Gasteiger partial charge in [0.1, 0.15) is 0 Å². The van der Waals surface area contributed by atoms with Crippen LogP contribution in [0.25, 0.3) is 0 Å². The minimum Gasteiger partial charge on any atom is -0.103 e. The average molecular weight is 188 g/mol. The van der Waals surface area contributed by atoms with Gasteiger partial charge in [0.25, 0.3) is 0 Å². The molecule has 0 saturated heterocycles. The van der Waals surface area contributed by atoms with Crippen molar-refractivity contribution in [3.05, 3.63) is 46.0 Å². The van der Waals surface area contributed by atoms with E-state index in [2.05, 4.69) is 41.2 Å². The van der Waals surface area contributed by atoms with Crippen molar-refractivity contribution < 1.29 is 0 Å². The zero-order valence-electron chi connectivity index (χ0n) is 9.99. The summed E-state index contributed by atoms with van der Waals surface area (Å²) in [5, 5.41) is 0. The topological polar surface area (TPSA) is 0 Å². The van der Waals surface area contributed by atoms with Gasteiger partial charge >= 0.3 is 0 Å². The molecular formula is C14H20. The van der Waals surface area contributed by atoms with Crippen LogP contribution >= 0.6 is 0 Å². The van der Waals surface area contributed by atoms with Crippen LogP contribution < -0.4 is 0 Å². The summed E-state index contributed by atoms with van der Waals surface area (Å²) in [7, 11) is 0. The fourth-order valence-electron chi connectivity index (χ4n) is 2.03. The second-order valence-corrected chi connectivity index (χ2v) is 4.10. The van der Waals surface area contributed by atoms with Crippen LogP contribution in [0.2, 0.25) is 0 Å². The van der Waals surface area contributed by atoms with Crippen molar-refractivity contribution in [3.8, 4) is 0 Å². The summed E-state index contributed by atoms with van der Waals surface area (Å²) < 4.78 is 0. The molecule has 0 fully saturated rings. The Morgan fingerprint density at radius 2 is 1.14 bits per heavy atom. The molecule has 0 nitrogen and oxygen atoms in total. The Bertz CT molecular complexity index is 341. The minimum absolute atomic E-state index is 0.986. The molecule has 0 atom stereocenters. The van der Waals surface area contributed by atoms with E-state index in [1.165, 1.54) is 33.4 Å². The number of rotatable bonds is 2. The Labute approximate surface area is 87.7 Å². The number of hydrogen-bond donors (Lipinski definition) is 0. The van der Waals surface area contributed by atoms with Crippen LogP contribution in [0.1, 0.15) is 33.4 Å². The van der Waals surface area contributed by atoms with Crippen molar-refractivity contribution in [3.63, 3.8) is 0 Å². The zero-order valence-corrected chi connectivity index (χ0v) is 9.99. The Morgan fingerprint density at radius 3 is 1.50 bits per heavy atom. The van der Waals surface area contributed by atoms with Crippen LogP contribution in [-0.2, 0) is 6.42 Å². The highest BCUT2D eigenvalue weighted by atomic mass is 14.1. The molecule has 0 aromatic heterocycles. The number of hydrogen-bond acceptors (Lipinski definition) is 0. The summed E-state index contributed by atoms with van der Waals surface area (Å²) in [6.45, 7) is 14.9. The van der Waals surface area contributed by atoms with E-state index >= 15 is 0 Å². The minimum atomic E-state index is 0.986. The van der Waals surface area contributed by atoms with Gasteiger partial charge in [-0.2, -0.15) is 0 Å². The normalized spacial score (nSPS) is 10.4. The van der Waals surface area contributed by atoms with Gasteiger partial charge in [-0.1, -0.05) is 6.08 Å². The van der Waals surface area contributed by atoms with Gasteiger partial charge in [-0.25, -0.2) is 0 Å². The van der Waals surface area contributed by atoms with Crippen LogP contribution in [0.3, 0.4) is 0 Å². The molecule has 1 aromatic carbocycles.